The molecule has 0 heterocycles. The van der Waals surface area contributed by atoms with E-state index in [1.807, 2.05) is 18.2 Å². The van der Waals surface area contributed by atoms with Gasteiger partial charge in [-0.15, -0.1) is 0 Å². The molecule has 154 valence electrons. The highest BCUT2D eigenvalue weighted by molar-refractivity contribution is 5.91. The maximum absolute atomic E-state index is 12.0. The van der Waals surface area contributed by atoms with Gasteiger partial charge >= 0.3 is 0 Å². The Balaban J connectivity index is 1.92. The lowest BCUT2D eigenvalue weighted by atomic mass is 10.1. The van der Waals surface area contributed by atoms with Crippen molar-refractivity contribution in [1.82, 2.24) is 5.32 Å². The summed E-state index contributed by atoms with van der Waals surface area (Å²) < 4.78 is 11.1. The Kier molecular flexibility index (Phi) is 8.21. The average Bonchev–Trinajstić information content (AvgIpc) is 2.71. The molecule has 7 nitrogen and oxygen atoms in total. The molecule has 0 spiro atoms. The van der Waals surface area contributed by atoms with Crippen LogP contribution in [0.3, 0.4) is 0 Å². The Morgan fingerprint density at radius 2 is 2.00 bits per heavy atom. The van der Waals surface area contributed by atoms with Crippen molar-refractivity contribution in [2.24, 2.45) is 5.92 Å². The average molecular weight is 398 g/mol. The molecule has 0 saturated carbocycles. The van der Waals surface area contributed by atoms with Crippen LogP contribution in [0.15, 0.2) is 48.5 Å². The number of carbonyl (C=O) groups excluding carboxylic acids is 1. The van der Waals surface area contributed by atoms with Crippen LogP contribution in [0.25, 0.3) is 6.08 Å². The van der Waals surface area contributed by atoms with Crippen LogP contribution < -0.4 is 14.8 Å². The summed E-state index contributed by atoms with van der Waals surface area (Å²) in [6.07, 6.45) is 3.84. The zero-order chi connectivity index (χ0) is 21.2. The second-order valence-electron chi connectivity index (χ2n) is 6.92. The first-order valence-corrected chi connectivity index (χ1v) is 9.39. The highest BCUT2D eigenvalue weighted by Crippen LogP contribution is 2.28. The van der Waals surface area contributed by atoms with Gasteiger partial charge in [0.1, 0.15) is 0 Å². The summed E-state index contributed by atoms with van der Waals surface area (Å²) in [4.78, 5) is 22.4. The van der Waals surface area contributed by atoms with Crippen molar-refractivity contribution in [2.75, 3.05) is 13.7 Å². The number of rotatable bonds is 10. The smallest absolute Gasteiger partial charge is 0.270 e. The molecule has 2 aromatic rings. The molecule has 0 aromatic heterocycles. The monoisotopic (exact) mass is 398 g/mol. The molecule has 0 atom stereocenters. The van der Waals surface area contributed by atoms with Gasteiger partial charge in [-0.2, -0.15) is 0 Å². The van der Waals surface area contributed by atoms with E-state index in [9.17, 15) is 14.9 Å². The van der Waals surface area contributed by atoms with E-state index in [1.54, 1.807) is 19.2 Å². The maximum Gasteiger partial charge on any atom is 0.270 e. The summed E-state index contributed by atoms with van der Waals surface area (Å²) in [5, 5.41) is 13.6. The fourth-order valence-corrected chi connectivity index (χ4v) is 2.51. The molecule has 2 aromatic carbocycles. The Morgan fingerprint density at radius 1 is 1.21 bits per heavy atom. The first-order chi connectivity index (χ1) is 13.9. The maximum atomic E-state index is 12.0. The van der Waals surface area contributed by atoms with Gasteiger partial charge in [0.25, 0.3) is 5.69 Å². The van der Waals surface area contributed by atoms with Gasteiger partial charge in [-0.25, -0.2) is 0 Å². The number of ether oxygens (including phenoxy) is 2. The van der Waals surface area contributed by atoms with E-state index < -0.39 is 4.92 Å². The van der Waals surface area contributed by atoms with E-state index in [4.69, 9.17) is 9.47 Å². The van der Waals surface area contributed by atoms with Gasteiger partial charge in [0.2, 0.25) is 5.91 Å². The molecular weight excluding hydrogens is 372 g/mol. The molecule has 0 aliphatic rings. The number of nitro groups is 1. The number of nitrogens with zero attached hydrogens (tertiary/aromatic N) is 1. The molecule has 2 rings (SSSR count). The summed E-state index contributed by atoms with van der Waals surface area (Å²) in [5.41, 5.74) is 1.43. The molecule has 0 unspecified atom stereocenters. The number of hydrogen-bond donors (Lipinski definition) is 1. The molecular formula is C22H26N2O5. The van der Waals surface area contributed by atoms with Crippen molar-refractivity contribution >= 4 is 17.7 Å². The van der Waals surface area contributed by atoms with Gasteiger partial charge in [-0.1, -0.05) is 32.0 Å². The van der Waals surface area contributed by atoms with E-state index in [2.05, 4.69) is 19.2 Å². The normalized spacial score (nSPS) is 10.9. The molecule has 1 N–H and O–H groups in total. The first-order valence-electron chi connectivity index (χ1n) is 9.39. The van der Waals surface area contributed by atoms with E-state index in [0.717, 1.165) is 12.0 Å². The minimum Gasteiger partial charge on any atom is -0.493 e. The number of nitro benzene ring substituents is 1. The van der Waals surface area contributed by atoms with Crippen molar-refractivity contribution in [3.8, 4) is 11.5 Å². The first kappa shape index (κ1) is 21.9. The van der Waals surface area contributed by atoms with Crippen LogP contribution in [-0.4, -0.2) is 24.5 Å². The van der Waals surface area contributed by atoms with Gasteiger partial charge in [0, 0.05) is 24.8 Å². The van der Waals surface area contributed by atoms with Gasteiger partial charge < -0.3 is 14.8 Å². The van der Waals surface area contributed by atoms with E-state index >= 15 is 0 Å². The number of hydrogen-bond acceptors (Lipinski definition) is 5. The van der Waals surface area contributed by atoms with Crippen LogP contribution in [0.4, 0.5) is 5.69 Å². The second kappa shape index (κ2) is 10.8. The Bertz CT molecular complexity index is 877. The standard InChI is InChI=1S/C22H26N2O5/c1-16(2)11-12-29-20-9-7-18(14-21(20)28-3)15-23-22(25)10-8-17-5-4-6-19(13-17)24(26)27/h4-10,13-14,16H,11-12,15H2,1-3H3,(H,23,25)/b10-8+. The highest BCUT2D eigenvalue weighted by atomic mass is 16.6. The molecule has 7 heteroatoms. The van der Waals surface area contributed by atoms with E-state index in [-0.39, 0.29) is 11.6 Å². The van der Waals surface area contributed by atoms with Crippen molar-refractivity contribution in [3.05, 3.63) is 69.8 Å². The lowest BCUT2D eigenvalue weighted by Crippen LogP contribution is -2.20. The number of benzene rings is 2. The van der Waals surface area contributed by atoms with Crippen molar-refractivity contribution in [1.29, 1.82) is 0 Å². The zero-order valence-electron chi connectivity index (χ0n) is 16.9. The quantitative estimate of drug-likeness (QED) is 0.365. The Labute approximate surface area is 170 Å². The lowest BCUT2D eigenvalue weighted by Gasteiger charge is -2.13. The number of carbonyl (C=O) groups is 1. The molecule has 0 bridgehead atoms. The molecule has 0 aliphatic carbocycles. The van der Waals surface area contributed by atoms with Crippen LogP contribution in [0.5, 0.6) is 11.5 Å². The third-order valence-corrected chi connectivity index (χ3v) is 4.16. The van der Waals surface area contributed by atoms with Crippen LogP contribution in [0.2, 0.25) is 0 Å². The second-order valence-corrected chi connectivity index (χ2v) is 6.92. The van der Waals surface area contributed by atoms with Crippen molar-refractivity contribution in [2.45, 2.75) is 26.8 Å². The van der Waals surface area contributed by atoms with Crippen LogP contribution in [0.1, 0.15) is 31.4 Å². The Hall–Kier alpha value is -3.35. The number of non-ortho nitro benzene ring substituents is 1. The fraction of sp³-hybridized carbons (Fsp3) is 0.318. The van der Waals surface area contributed by atoms with Crippen molar-refractivity contribution < 1.29 is 19.2 Å². The van der Waals surface area contributed by atoms with Crippen LogP contribution in [-0.2, 0) is 11.3 Å². The van der Waals surface area contributed by atoms with Gasteiger partial charge in [-0.05, 0) is 41.7 Å². The summed E-state index contributed by atoms with van der Waals surface area (Å²) in [7, 11) is 1.58. The van der Waals surface area contributed by atoms with Crippen LogP contribution in [0, 0.1) is 16.0 Å². The molecule has 0 aliphatic heterocycles. The topological polar surface area (TPSA) is 90.7 Å². The summed E-state index contributed by atoms with van der Waals surface area (Å²) in [5.74, 6) is 1.56. The number of methoxy groups -OCH3 is 1. The largest absolute Gasteiger partial charge is 0.493 e. The summed E-state index contributed by atoms with van der Waals surface area (Å²) in [6, 6.07) is 11.6. The summed E-state index contributed by atoms with van der Waals surface area (Å²) >= 11 is 0. The van der Waals surface area contributed by atoms with E-state index in [1.165, 1.54) is 24.3 Å². The van der Waals surface area contributed by atoms with Gasteiger partial charge in [0.05, 0.1) is 18.6 Å². The number of amides is 1. The number of nitrogens with one attached hydrogen (secondary N) is 1. The fourth-order valence-electron chi connectivity index (χ4n) is 2.51. The summed E-state index contributed by atoms with van der Waals surface area (Å²) in [6.45, 7) is 5.22. The third-order valence-electron chi connectivity index (χ3n) is 4.16. The Morgan fingerprint density at radius 3 is 2.69 bits per heavy atom. The SMILES string of the molecule is COc1cc(CNC(=O)/C=C/c2cccc([N+](=O)[O-])c2)ccc1OCCC(C)C. The van der Waals surface area contributed by atoms with E-state index in [0.29, 0.717) is 36.1 Å². The predicted octanol–water partition coefficient (Wildman–Crippen LogP) is 4.36. The van der Waals surface area contributed by atoms with Crippen LogP contribution >= 0.6 is 0 Å². The predicted molar refractivity (Wildman–Crippen MR) is 112 cm³/mol. The highest BCUT2D eigenvalue weighted by Gasteiger charge is 2.08. The molecule has 0 saturated heterocycles. The minimum absolute atomic E-state index is 0.0182. The molecule has 29 heavy (non-hydrogen) atoms. The van der Waals surface area contributed by atoms with Crippen molar-refractivity contribution in [3.63, 3.8) is 0 Å². The van der Waals surface area contributed by atoms with Gasteiger partial charge in [0.15, 0.2) is 11.5 Å². The third kappa shape index (κ3) is 7.29. The molecule has 0 fully saturated rings. The molecule has 1 amide bonds. The van der Waals surface area contributed by atoms with Gasteiger partial charge in [-0.3, -0.25) is 14.9 Å². The minimum atomic E-state index is -0.471. The molecule has 0 radical (unpaired) electrons. The lowest BCUT2D eigenvalue weighted by molar-refractivity contribution is -0.384. The zero-order valence-corrected chi connectivity index (χ0v) is 16.9.